The molecule has 3 atom stereocenters. The molecular weight excluding hydrogens is 811 g/mol. The first-order valence-electron chi connectivity index (χ1n) is 30.1. The van der Waals surface area contributed by atoms with Crippen molar-refractivity contribution in [2.75, 3.05) is 6.61 Å². The van der Waals surface area contributed by atoms with Crippen molar-refractivity contribution in [2.24, 2.45) is 0 Å². The van der Waals surface area contributed by atoms with Crippen molar-refractivity contribution >= 4 is 5.91 Å². The molecule has 0 radical (unpaired) electrons. The molecule has 66 heavy (non-hydrogen) atoms. The summed E-state index contributed by atoms with van der Waals surface area (Å²) in [6.45, 7) is 4.22. The van der Waals surface area contributed by atoms with Gasteiger partial charge in [-0.3, -0.25) is 4.79 Å². The topological polar surface area (TPSA) is 89.8 Å². The Morgan fingerprint density at radius 3 is 0.970 bits per heavy atom. The second-order valence-corrected chi connectivity index (χ2v) is 21.0. The van der Waals surface area contributed by atoms with E-state index in [-0.39, 0.29) is 18.9 Å². The monoisotopic (exact) mass is 930 g/mol. The molecule has 0 rings (SSSR count). The van der Waals surface area contributed by atoms with E-state index >= 15 is 0 Å². The number of aliphatic hydroxyl groups is 3. The number of hydrogen-bond donors (Lipinski definition) is 4. The lowest BCUT2D eigenvalue weighted by Crippen LogP contribution is -2.45. The van der Waals surface area contributed by atoms with E-state index in [1.165, 1.54) is 276 Å². The van der Waals surface area contributed by atoms with Gasteiger partial charge in [0.2, 0.25) is 5.91 Å². The van der Waals surface area contributed by atoms with E-state index in [2.05, 4.69) is 31.3 Å². The highest BCUT2D eigenvalue weighted by Gasteiger charge is 2.20. The van der Waals surface area contributed by atoms with Crippen LogP contribution in [0.5, 0.6) is 0 Å². The van der Waals surface area contributed by atoms with Crippen LogP contribution in [0.2, 0.25) is 0 Å². The minimum Gasteiger partial charge on any atom is -0.394 e. The van der Waals surface area contributed by atoms with Gasteiger partial charge < -0.3 is 20.6 Å². The molecule has 0 aromatic carbocycles. The SMILES string of the molecule is CCCCCCCCCC/C=C/CC/C=C/C(O)C(CO)NC(=O)CC(O)CCCCCCCCCCCCCCCCCCCCCCCCCCCCCCCCCCCCCCC. The molecule has 0 saturated heterocycles. The maximum Gasteiger partial charge on any atom is 0.222 e. The van der Waals surface area contributed by atoms with E-state index in [0.29, 0.717) is 6.42 Å². The third-order valence-electron chi connectivity index (χ3n) is 14.2. The number of nitrogens with one attached hydrogen (secondary N) is 1. The van der Waals surface area contributed by atoms with Gasteiger partial charge in [0.1, 0.15) is 0 Å². The lowest BCUT2D eigenvalue weighted by Gasteiger charge is -2.21. The standard InChI is InChI=1S/C61H119NO4/c1-3-5-7-9-11-13-15-17-19-20-21-22-23-24-25-26-27-28-29-30-31-32-33-34-35-36-37-38-39-40-41-42-44-46-48-50-52-54-58(64)56-61(66)62-59(57-63)60(65)55-53-51-49-47-45-43-18-16-14-12-10-8-6-4-2/h45,47,53,55,58-60,63-65H,3-44,46,48-52,54,56-57H2,1-2H3,(H,62,66)/b47-45+,55-53+. The molecule has 3 unspecified atom stereocenters. The summed E-state index contributed by atoms with van der Waals surface area (Å²) in [4.78, 5) is 12.5. The van der Waals surface area contributed by atoms with E-state index in [1.54, 1.807) is 6.08 Å². The first-order chi connectivity index (χ1) is 32.5. The lowest BCUT2D eigenvalue weighted by atomic mass is 10.0. The van der Waals surface area contributed by atoms with Gasteiger partial charge in [-0.25, -0.2) is 0 Å². The second-order valence-electron chi connectivity index (χ2n) is 21.0. The highest BCUT2D eigenvalue weighted by molar-refractivity contribution is 5.76. The van der Waals surface area contributed by atoms with E-state index in [9.17, 15) is 20.1 Å². The molecular formula is C61H119NO4. The van der Waals surface area contributed by atoms with Crippen molar-refractivity contribution in [2.45, 2.75) is 353 Å². The van der Waals surface area contributed by atoms with Crippen LogP contribution in [-0.2, 0) is 4.79 Å². The molecule has 5 heteroatoms. The zero-order valence-electron chi connectivity index (χ0n) is 44.9. The fourth-order valence-corrected chi connectivity index (χ4v) is 9.66. The average molecular weight is 931 g/mol. The normalized spacial score (nSPS) is 13.3. The summed E-state index contributed by atoms with van der Waals surface area (Å²) in [5, 5.41) is 33.4. The molecule has 392 valence electrons. The maximum atomic E-state index is 12.5. The van der Waals surface area contributed by atoms with Crippen LogP contribution in [0.25, 0.3) is 0 Å². The largest absolute Gasteiger partial charge is 0.394 e. The third-order valence-corrected chi connectivity index (χ3v) is 14.2. The predicted molar refractivity (Wildman–Crippen MR) is 292 cm³/mol. The average Bonchev–Trinajstić information content (AvgIpc) is 3.31. The first-order valence-corrected chi connectivity index (χ1v) is 30.1. The second kappa shape index (κ2) is 56.4. The van der Waals surface area contributed by atoms with Crippen molar-refractivity contribution in [1.82, 2.24) is 5.32 Å². The summed E-state index contributed by atoms with van der Waals surface area (Å²) in [7, 11) is 0. The first kappa shape index (κ1) is 64.8. The van der Waals surface area contributed by atoms with E-state index < -0.39 is 18.2 Å². The summed E-state index contributed by atoms with van der Waals surface area (Å²) >= 11 is 0. The van der Waals surface area contributed by atoms with Crippen molar-refractivity contribution in [3.63, 3.8) is 0 Å². The number of hydrogen-bond acceptors (Lipinski definition) is 4. The molecule has 0 bridgehead atoms. The zero-order valence-corrected chi connectivity index (χ0v) is 44.9. The Labute approximate surface area is 413 Å². The lowest BCUT2D eigenvalue weighted by molar-refractivity contribution is -0.124. The number of unbranched alkanes of at least 4 members (excludes halogenated alkanes) is 45. The highest BCUT2D eigenvalue weighted by Crippen LogP contribution is 2.18. The van der Waals surface area contributed by atoms with Crippen LogP contribution in [0, 0.1) is 0 Å². The number of rotatable bonds is 56. The van der Waals surface area contributed by atoms with Crippen molar-refractivity contribution in [3.05, 3.63) is 24.3 Å². The predicted octanol–water partition coefficient (Wildman–Crippen LogP) is 18.8. The van der Waals surface area contributed by atoms with Gasteiger partial charge in [0.25, 0.3) is 0 Å². The van der Waals surface area contributed by atoms with Crippen LogP contribution in [0.15, 0.2) is 24.3 Å². The molecule has 0 heterocycles. The zero-order chi connectivity index (χ0) is 47.9. The van der Waals surface area contributed by atoms with Crippen LogP contribution in [0.4, 0.5) is 0 Å². The summed E-state index contributed by atoms with van der Waals surface area (Å²) < 4.78 is 0. The van der Waals surface area contributed by atoms with Gasteiger partial charge in [-0.15, -0.1) is 0 Å². The molecule has 5 nitrogen and oxygen atoms in total. The molecule has 0 aliphatic heterocycles. The van der Waals surface area contributed by atoms with Crippen molar-refractivity contribution in [1.29, 1.82) is 0 Å². The maximum absolute atomic E-state index is 12.5. The molecule has 4 N–H and O–H groups in total. The summed E-state index contributed by atoms with van der Waals surface area (Å²) in [6, 6.07) is -0.758. The van der Waals surface area contributed by atoms with Crippen LogP contribution in [0.3, 0.4) is 0 Å². The Bertz CT molecular complexity index is 982. The Morgan fingerprint density at radius 1 is 0.379 bits per heavy atom. The van der Waals surface area contributed by atoms with Crippen LogP contribution in [0.1, 0.15) is 335 Å². The molecule has 1 amide bonds. The smallest absolute Gasteiger partial charge is 0.222 e. The quantitative estimate of drug-likeness (QED) is 0.0361. The number of allylic oxidation sites excluding steroid dienone is 3. The Balaban J connectivity index is 3.43. The molecule has 0 saturated carbocycles. The number of amides is 1. The number of aliphatic hydroxyl groups excluding tert-OH is 3. The van der Waals surface area contributed by atoms with E-state index in [0.717, 1.165) is 32.1 Å². The number of carbonyl (C=O) groups is 1. The summed E-state index contributed by atoms with van der Waals surface area (Å²) in [5.74, 6) is -0.320. The molecule has 0 aliphatic rings. The van der Waals surface area contributed by atoms with Gasteiger partial charge in [-0.05, 0) is 32.1 Å². The van der Waals surface area contributed by atoms with Crippen molar-refractivity contribution in [3.8, 4) is 0 Å². The van der Waals surface area contributed by atoms with Crippen LogP contribution >= 0.6 is 0 Å². The number of carbonyl (C=O) groups excluding carboxylic acids is 1. The van der Waals surface area contributed by atoms with Gasteiger partial charge >= 0.3 is 0 Å². The van der Waals surface area contributed by atoms with Crippen LogP contribution in [-0.4, -0.2) is 46.1 Å². The van der Waals surface area contributed by atoms with Gasteiger partial charge in [0, 0.05) is 0 Å². The van der Waals surface area contributed by atoms with Gasteiger partial charge in [0.15, 0.2) is 0 Å². The Morgan fingerprint density at radius 2 is 0.652 bits per heavy atom. The van der Waals surface area contributed by atoms with Crippen molar-refractivity contribution < 1.29 is 20.1 Å². The van der Waals surface area contributed by atoms with Crippen LogP contribution < -0.4 is 5.32 Å². The molecule has 0 aromatic rings. The molecule has 0 fully saturated rings. The Hall–Kier alpha value is -1.17. The minimum atomic E-state index is -0.949. The fraction of sp³-hybridized carbons (Fsp3) is 0.918. The van der Waals surface area contributed by atoms with E-state index in [1.807, 2.05) is 6.08 Å². The molecule has 0 spiro atoms. The molecule has 0 aromatic heterocycles. The third kappa shape index (κ3) is 52.2. The van der Waals surface area contributed by atoms with Gasteiger partial charge in [-0.2, -0.15) is 0 Å². The summed E-state index contributed by atoms with van der Waals surface area (Å²) in [6.07, 6.45) is 72.7. The minimum absolute atomic E-state index is 0.0102. The fourth-order valence-electron chi connectivity index (χ4n) is 9.66. The van der Waals surface area contributed by atoms with Gasteiger partial charge in [-0.1, -0.05) is 321 Å². The highest BCUT2D eigenvalue weighted by atomic mass is 16.3. The van der Waals surface area contributed by atoms with E-state index in [4.69, 9.17) is 0 Å². The summed E-state index contributed by atoms with van der Waals surface area (Å²) in [5.41, 5.74) is 0. The Kier molecular flexibility index (Phi) is 55.4. The van der Waals surface area contributed by atoms with Gasteiger partial charge in [0.05, 0.1) is 31.3 Å². The molecule has 0 aliphatic carbocycles.